The van der Waals surface area contributed by atoms with Gasteiger partial charge in [0.2, 0.25) is 5.90 Å². The molecule has 0 aromatic heterocycles. The zero-order valence-electron chi connectivity index (χ0n) is 10.4. The van der Waals surface area contributed by atoms with Crippen molar-refractivity contribution in [2.75, 3.05) is 0 Å². The maximum atomic E-state index is 11.6. The van der Waals surface area contributed by atoms with Crippen molar-refractivity contribution in [1.82, 2.24) is 0 Å². The maximum Gasteiger partial charge on any atom is 0.314 e. The number of hydrogen-bond donors (Lipinski definition) is 0. The van der Waals surface area contributed by atoms with E-state index in [1.165, 1.54) is 0 Å². The van der Waals surface area contributed by atoms with E-state index in [0.29, 0.717) is 12.3 Å². The number of cyclic esters (lactones) is 1. The second kappa shape index (κ2) is 4.32. The summed E-state index contributed by atoms with van der Waals surface area (Å²) >= 11 is 0. The Labute approximate surface area is 102 Å². The third kappa shape index (κ3) is 2.73. The summed E-state index contributed by atoms with van der Waals surface area (Å²) in [6.45, 7) is 6.26. The highest BCUT2D eigenvalue weighted by molar-refractivity contribution is 6.02. The normalized spacial score (nSPS) is 20.8. The Hall–Kier alpha value is -1.64. The van der Waals surface area contributed by atoms with E-state index < -0.39 is 0 Å². The number of hydrogen-bond acceptors (Lipinski definition) is 3. The molecule has 1 aliphatic rings. The minimum absolute atomic E-state index is 0.0149. The summed E-state index contributed by atoms with van der Waals surface area (Å²) in [5.74, 6) is 0.251. The average molecular weight is 231 g/mol. The Morgan fingerprint density at radius 1 is 1.24 bits per heavy atom. The van der Waals surface area contributed by atoms with E-state index in [4.69, 9.17) is 4.74 Å². The molecular formula is C14H17NO2. The Bertz CT molecular complexity index is 443. The molecule has 0 amide bonds. The molecule has 0 aliphatic carbocycles. The van der Waals surface area contributed by atoms with E-state index in [1.807, 2.05) is 30.3 Å². The van der Waals surface area contributed by atoms with Crippen molar-refractivity contribution in [3.8, 4) is 0 Å². The first kappa shape index (κ1) is 11.8. The molecule has 0 bridgehead atoms. The van der Waals surface area contributed by atoms with Gasteiger partial charge in [-0.1, -0.05) is 39.0 Å². The highest BCUT2D eigenvalue weighted by Crippen LogP contribution is 2.28. The molecular weight excluding hydrogens is 214 g/mol. The van der Waals surface area contributed by atoms with Gasteiger partial charge in [-0.05, 0) is 17.5 Å². The molecule has 0 unspecified atom stereocenters. The van der Waals surface area contributed by atoms with Gasteiger partial charge in [-0.2, -0.15) is 0 Å². The van der Waals surface area contributed by atoms with E-state index in [0.717, 1.165) is 5.56 Å². The standard InChI is InChI=1S/C14H17NO2/c1-14(2,3)11-9-12(16)17-13(15-11)10-7-5-4-6-8-10/h4-8,11H,9H2,1-3H3/t11-/m0/s1. The Morgan fingerprint density at radius 2 is 1.88 bits per heavy atom. The van der Waals surface area contributed by atoms with Gasteiger partial charge in [-0.3, -0.25) is 4.79 Å². The van der Waals surface area contributed by atoms with Gasteiger partial charge in [-0.15, -0.1) is 0 Å². The Balaban J connectivity index is 2.34. The molecule has 0 radical (unpaired) electrons. The first-order valence-electron chi connectivity index (χ1n) is 5.81. The minimum atomic E-state index is -0.196. The summed E-state index contributed by atoms with van der Waals surface area (Å²) in [4.78, 5) is 16.1. The van der Waals surface area contributed by atoms with Crippen LogP contribution >= 0.6 is 0 Å². The summed E-state index contributed by atoms with van der Waals surface area (Å²) in [7, 11) is 0. The number of nitrogens with zero attached hydrogens (tertiary/aromatic N) is 1. The van der Waals surface area contributed by atoms with Crippen LogP contribution in [0, 0.1) is 5.41 Å². The molecule has 0 saturated carbocycles. The summed E-state index contributed by atoms with van der Waals surface area (Å²) in [6.07, 6.45) is 0.361. The van der Waals surface area contributed by atoms with Crippen LogP contribution in [-0.4, -0.2) is 17.9 Å². The molecule has 3 heteroatoms. The molecule has 1 atom stereocenters. The molecule has 0 spiro atoms. The summed E-state index contributed by atoms with van der Waals surface area (Å²) in [5.41, 5.74) is 0.828. The predicted molar refractivity (Wildman–Crippen MR) is 66.9 cm³/mol. The molecule has 90 valence electrons. The van der Waals surface area contributed by atoms with E-state index in [-0.39, 0.29) is 17.4 Å². The molecule has 0 fully saturated rings. The molecule has 17 heavy (non-hydrogen) atoms. The summed E-state index contributed by atoms with van der Waals surface area (Å²) in [6, 6.07) is 9.53. The number of rotatable bonds is 1. The van der Waals surface area contributed by atoms with Crippen LogP contribution in [0.3, 0.4) is 0 Å². The van der Waals surface area contributed by atoms with Crippen molar-refractivity contribution < 1.29 is 9.53 Å². The van der Waals surface area contributed by atoms with Gasteiger partial charge in [0.25, 0.3) is 0 Å². The van der Waals surface area contributed by atoms with Crippen LogP contribution in [0.4, 0.5) is 0 Å². The van der Waals surface area contributed by atoms with Crippen molar-refractivity contribution in [3.63, 3.8) is 0 Å². The lowest BCUT2D eigenvalue weighted by Gasteiger charge is -2.30. The summed E-state index contributed by atoms with van der Waals surface area (Å²) < 4.78 is 5.21. The SMILES string of the molecule is CC(C)(C)[C@@H]1CC(=O)OC(c2ccccc2)=N1. The fraction of sp³-hybridized carbons (Fsp3) is 0.429. The number of benzene rings is 1. The van der Waals surface area contributed by atoms with E-state index in [2.05, 4.69) is 25.8 Å². The van der Waals surface area contributed by atoms with Crippen LogP contribution in [0.25, 0.3) is 0 Å². The van der Waals surface area contributed by atoms with Crippen molar-refractivity contribution in [2.45, 2.75) is 33.2 Å². The van der Waals surface area contributed by atoms with Gasteiger partial charge in [0.05, 0.1) is 12.5 Å². The topological polar surface area (TPSA) is 38.7 Å². The first-order chi connectivity index (χ1) is 7.97. The lowest BCUT2D eigenvalue weighted by Crippen LogP contribution is -2.34. The molecule has 0 N–H and O–H groups in total. The predicted octanol–water partition coefficient (Wildman–Crippen LogP) is 2.79. The van der Waals surface area contributed by atoms with Crippen LogP contribution in [0.2, 0.25) is 0 Å². The van der Waals surface area contributed by atoms with Gasteiger partial charge in [-0.25, -0.2) is 4.99 Å². The molecule has 1 aromatic carbocycles. The maximum absolute atomic E-state index is 11.6. The smallest absolute Gasteiger partial charge is 0.314 e. The van der Waals surface area contributed by atoms with Crippen LogP contribution in [-0.2, 0) is 9.53 Å². The minimum Gasteiger partial charge on any atom is -0.407 e. The fourth-order valence-corrected chi connectivity index (χ4v) is 1.73. The van der Waals surface area contributed by atoms with Crippen molar-refractivity contribution in [1.29, 1.82) is 0 Å². The van der Waals surface area contributed by atoms with Crippen LogP contribution < -0.4 is 0 Å². The molecule has 2 rings (SSSR count). The largest absolute Gasteiger partial charge is 0.407 e. The highest BCUT2D eigenvalue weighted by atomic mass is 16.5. The monoisotopic (exact) mass is 231 g/mol. The zero-order chi connectivity index (χ0) is 12.5. The second-order valence-electron chi connectivity index (χ2n) is 5.36. The number of carbonyl (C=O) groups is 1. The van der Waals surface area contributed by atoms with Crippen LogP contribution in [0.5, 0.6) is 0 Å². The molecule has 3 nitrogen and oxygen atoms in total. The van der Waals surface area contributed by atoms with E-state index in [1.54, 1.807) is 0 Å². The lowest BCUT2D eigenvalue weighted by atomic mass is 9.85. The Kier molecular flexibility index (Phi) is 3.01. The second-order valence-corrected chi connectivity index (χ2v) is 5.36. The first-order valence-corrected chi connectivity index (χ1v) is 5.81. The van der Waals surface area contributed by atoms with E-state index >= 15 is 0 Å². The van der Waals surface area contributed by atoms with Crippen LogP contribution in [0.1, 0.15) is 32.8 Å². The Morgan fingerprint density at radius 3 is 2.47 bits per heavy atom. The highest BCUT2D eigenvalue weighted by Gasteiger charge is 2.32. The molecule has 0 saturated heterocycles. The van der Waals surface area contributed by atoms with Crippen LogP contribution in [0.15, 0.2) is 35.3 Å². The number of esters is 1. The number of carbonyl (C=O) groups excluding carboxylic acids is 1. The molecule has 1 aliphatic heterocycles. The molecule has 1 aromatic rings. The average Bonchev–Trinajstić information content (AvgIpc) is 2.28. The fourth-order valence-electron chi connectivity index (χ4n) is 1.73. The summed E-state index contributed by atoms with van der Waals surface area (Å²) in [5, 5.41) is 0. The van der Waals surface area contributed by atoms with Gasteiger partial charge in [0.15, 0.2) is 0 Å². The third-order valence-electron chi connectivity index (χ3n) is 2.86. The van der Waals surface area contributed by atoms with Gasteiger partial charge in [0.1, 0.15) is 0 Å². The molecule has 1 heterocycles. The lowest BCUT2D eigenvalue weighted by molar-refractivity contribution is -0.137. The van der Waals surface area contributed by atoms with Gasteiger partial charge < -0.3 is 4.74 Å². The van der Waals surface area contributed by atoms with Gasteiger partial charge in [0, 0.05) is 5.56 Å². The zero-order valence-corrected chi connectivity index (χ0v) is 10.4. The van der Waals surface area contributed by atoms with E-state index in [9.17, 15) is 4.79 Å². The quantitative estimate of drug-likeness (QED) is 0.697. The number of aliphatic imine (C=N–C) groups is 1. The number of ether oxygens (including phenoxy) is 1. The van der Waals surface area contributed by atoms with Crippen molar-refractivity contribution in [3.05, 3.63) is 35.9 Å². The third-order valence-corrected chi connectivity index (χ3v) is 2.86. The van der Waals surface area contributed by atoms with Crippen molar-refractivity contribution >= 4 is 11.9 Å². The van der Waals surface area contributed by atoms with Gasteiger partial charge >= 0.3 is 5.97 Å². The van der Waals surface area contributed by atoms with Crippen molar-refractivity contribution in [2.24, 2.45) is 10.4 Å².